The Labute approximate surface area is 219 Å². The third kappa shape index (κ3) is 11.0. The van der Waals surface area contributed by atoms with Crippen molar-refractivity contribution in [2.45, 2.75) is 46.1 Å². The molecule has 37 heavy (non-hydrogen) atoms. The molecule has 1 atom stereocenters. The lowest BCUT2D eigenvalue weighted by Crippen LogP contribution is -2.39. The highest BCUT2D eigenvalue weighted by Crippen LogP contribution is 2.34. The summed E-state index contributed by atoms with van der Waals surface area (Å²) in [6.07, 6.45) is -1.21. The lowest BCUT2D eigenvalue weighted by Gasteiger charge is -2.20. The highest BCUT2D eigenvalue weighted by molar-refractivity contribution is 7.51. The quantitative estimate of drug-likeness (QED) is 0.212. The summed E-state index contributed by atoms with van der Waals surface area (Å²) in [5, 5.41) is 2.97. The number of nitrogens with one attached hydrogen (secondary N) is 1. The van der Waals surface area contributed by atoms with Crippen LogP contribution in [-0.4, -0.2) is 46.6 Å². The second-order valence-corrected chi connectivity index (χ2v) is 11.7. The lowest BCUT2D eigenvalue weighted by molar-refractivity contribution is -0.173. The maximum absolute atomic E-state index is 14.2. The standard InChI is InChI=1S/C25H30ClFNO8P/c1-25(2,3)24(31)36-15-35-23(30)14-19(28-22(29)10-11-37(32,33)34)12-16-4-6-17(7-5-16)20-13-18(26)8-9-21(20)27/h4-9,13,19H,10-12,14-15H2,1-3H3,(H,28,29)(H2,32,33,34)/t19-/m1/s1. The van der Waals surface area contributed by atoms with Crippen molar-refractivity contribution in [2.75, 3.05) is 13.0 Å². The fourth-order valence-corrected chi connectivity index (χ4v) is 3.84. The molecule has 0 heterocycles. The normalized spacial score (nSPS) is 12.5. The van der Waals surface area contributed by atoms with Gasteiger partial charge in [0.25, 0.3) is 0 Å². The summed E-state index contributed by atoms with van der Waals surface area (Å²) in [6.45, 7) is 4.35. The highest BCUT2D eigenvalue weighted by Gasteiger charge is 2.24. The Hall–Kier alpha value is -2.78. The first-order chi connectivity index (χ1) is 17.1. The third-order valence-corrected chi connectivity index (χ3v) is 6.15. The number of hydrogen-bond acceptors (Lipinski definition) is 6. The van der Waals surface area contributed by atoms with Gasteiger partial charge in [0.05, 0.1) is 18.0 Å². The summed E-state index contributed by atoms with van der Waals surface area (Å²) in [4.78, 5) is 54.5. The summed E-state index contributed by atoms with van der Waals surface area (Å²) < 4.78 is 35.1. The topological polar surface area (TPSA) is 139 Å². The molecule has 0 aliphatic carbocycles. The number of rotatable bonds is 11. The molecular weight excluding hydrogens is 528 g/mol. The van der Waals surface area contributed by atoms with Gasteiger partial charge in [0.2, 0.25) is 12.7 Å². The van der Waals surface area contributed by atoms with Crippen LogP contribution in [0.3, 0.4) is 0 Å². The van der Waals surface area contributed by atoms with Gasteiger partial charge in [0, 0.05) is 23.0 Å². The minimum Gasteiger partial charge on any atom is -0.428 e. The van der Waals surface area contributed by atoms with Crippen LogP contribution in [0.15, 0.2) is 42.5 Å². The molecular formula is C25H30ClFNO8P. The van der Waals surface area contributed by atoms with Crippen LogP contribution in [0.2, 0.25) is 5.02 Å². The van der Waals surface area contributed by atoms with E-state index in [-0.39, 0.29) is 12.8 Å². The van der Waals surface area contributed by atoms with Crippen molar-refractivity contribution in [3.05, 3.63) is 58.9 Å². The van der Waals surface area contributed by atoms with Crippen molar-refractivity contribution in [3.63, 3.8) is 0 Å². The van der Waals surface area contributed by atoms with E-state index in [2.05, 4.69) is 5.32 Å². The summed E-state index contributed by atoms with van der Waals surface area (Å²) in [6, 6.07) is 10.1. The van der Waals surface area contributed by atoms with Crippen molar-refractivity contribution < 1.29 is 42.6 Å². The Morgan fingerprint density at radius 3 is 2.32 bits per heavy atom. The van der Waals surface area contributed by atoms with E-state index in [0.29, 0.717) is 21.7 Å². The molecule has 12 heteroatoms. The molecule has 0 aromatic heterocycles. The Bertz CT molecular complexity index is 1160. The van der Waals surface area contributed by atoms with E-state index >= 15 is 0 Å². The summed E-state index contributed by atoms with van der Waals surface area (Å²) in [7, 11) is -4.38. The predicted molar refractivity (Wildman–Crippen MR) is 135 cm³/mol. The molecule has 0 saturated heterocycles. The van der Waals surface area contributed by atoms with Crippen LogP contribution >= 0.6 is 19.2 Å². The Morgan fingerprint density at radius 2 is 1.73 bits per heavy atom. The van der Waals surface area contributed by atoms with Gasteiger partial charge in [-0.2, -0.15) is 0 Å². The SMILES string of the molecule is CC(C)(C)C(=O)OCOC(=O)C[C@@H](Cc1ccc(-c2cc(Cl)ccc2F)cc1)NC(=O)CCP(=O)(O)O. The molecule has 0 spiro atoms. The van der Waals surface area contributed by atoms with E-state index in [1.165, 1.54) is 18.2 Å². The Balaban J connectivity index is 2.08. The Kier molecular flexibility index (Phi) is 10.8. The first-order valence-corrected chi connectivity index (χ1v) is 13.5. The second-order valence-electron chi connectivity index (χ2n) is 9.45. The minimum absolute atomic E-state index is 0.164. The smallest absolute Gasteiger partial charge is 0.326 e. The van der Waals surface area contributed by atoms with Crippen LogP contribution < -0.4 is 5.32 Å². The van der Waals surface area contributed by atoms with E-state index in [4.69, 9.17) is 30.9 Å². The van der Waals surface area contributed by atoms with Crippen LogP contribution in [0.5, 0.6) is 0 Å². The molecule has 202 valence electrons. The molecule has 0 saturated carbocycles. The van der Waals surface area contributed by atoms with Crippen LogP contribution in [0.4, 0.5) is 4.39 Å². The van der Waals surface area contributed by atoms with Crippen LogP contribution in [-0.2, 0) is 34.8 Å². The van der Waals surface area contributed by atoms with Gasteiger partial charge in [-0.15, -0.1) is 0 Å². The first kappa shape index (κ1) is 30.4. The molecule has 0 aliphatic heterocycles. The molecule has 0 bridgehead atoms. The average Bonchev–Trinajstić information content (AvgIpc) is 2.78. The molecule has 1 amide bonds. The second kappa shape index (κ2) is 13.1. The van der Waals surface area contributed by atoms with Gasteiger partial charge in [-0.1, -0.05) is 35.9 Å². The van der Waals surface area contributed by atoms with Crippen LogP contribution in [0, 0.1) is 11.2 Å². The van der Waals surface area contributed by atoms with Crippen LogP contribution in [0.1, 0.15) is 39.2 Å². The number of carbonyl (C=O) groups excluding carboxylic acids is 3. The van der Waals surface area contributed by atoms with E-state index in [1.54, 1.807) is 45.0 Å². The molecule has 2 aromatic rings. The average molecular weight is 558 g/mol. The number of benzene rings is 2. The zero-order chi connectivity index (χ0) is 27.8. The van der Waals surface area contributed by atoms with Crippen LogP contribution in [0.25, 0.3) is 11.1 Å². The summed E-state index contributed by atoms with van der Waals surface area (Å²) in [5.74, 6) is -2.40. The minimum atomic E-state index is -4.38. The van der Waals surface area contributed by atoms with Gasteiger partial charge < -0.3 is 24.6 Å². The van der Waals surface area contributed by atoms with E-state index in [1.807, 2.05) is 0 Å². The van der Waals surface area contributed by atoms with Crippen molar-refractivity contribution in [3.8, 4) is 11.1 Å². The van der Waals surface area contributed by atoms with Gasteiger partial charge in [-0.25, -0.2) is 4.39 Å². The summed E-state index contributed by atoms with van der Waals surface area (Å²) >= 11 is 5.97. The molecule has 2 aromatic carbocycles. The van der Waals surface area contributed by atoms with E-state index < -0.39 is 62.1 Å². The maximum Gasteiger partial charge on any atom is 0.326 e. The van der Waals surface area contributed by atoms with Gasteiger partial charge in [-0.3, -0.25) is 18.9 Å². The summed E-state index contributed by atoms with van der Waals surface area (Å²) in [5.41, 5.74) is 0.807. The zero-order valence-electron chi connectivity index (χ0n) is 20.7. The van der Waals surface area contributed by atoms with Crippen molar-refractivity contribution in [1.82, 2.24) is 5.32 Å². The molecule has 0 radical (unpaired) electrons. The third-order valence-electron chi connectivity index (χ3n) is 5.11. The monoisotopic (exact) mass is 557 g/mol. The predicted octanol–water partition coefficient (Wildman–Crippen LogP) is 4.22. The van der Waals surface area contributed by atoms with Gasteiger partial charge in [0.15, 0.2) is 0 Å². The Morgan fingerprint density at radius 1 is 1.08 bits per heavy atom. The maximum atomic E-state index is 14.2. The molecule has 3 N–H and O–H groups in total. The first-order valence-electron chi connectivity index (χ1n) is 11.3. The van der Waals surface area contributed by atoms with Gasteiger partial charge in [0.1, 0.15) is 5.82 Å². The molecule has 9 nitrogen and oxygen atoms in total. The lowest BCUT2D eigenvalue weighted by atomic mass is 9.98. The molecule has 2 rings (SSSR count). The number of carbonyl (C=O) groups is 3. The zero-order valence-corrected chi connectivity index (χ0v) is 22.4. The van der Waals surface area contributed by atoms with E-state index in [9.17, 15) is 23.3 Å². The number of halogens is 2. The highest BCUT2D eigenvalue weighted by atomic mass is 35.5. The fraction of sp³-hybridized carbons (Fsp3) is 0.400. The van der Waals surface area contributed by atoms with Gasteiger partial charge in [-0.05, 0) is 56.5 Å². The number of hydrogen-bond donors (Lipinski definition) is 3. The number of amides is 1. The van der Waals surface area contributed by atoms with Crippen molar-refractivity contribution in [1.29, 1.82) is 0 Å². The fourth-order valence-electron chi connectivity index (χ4n) is 3.17. The van der Waals surface area contributed by atoms with Gasteiger partial charge >= 0.3 is 19.5 Å². The number of esters is 2. The molecule has 0 aliphatic rings. The molecule has 0 unspecified atom stereocenters. The van der Waals surface area contributed by atoms with E-state index in [0.717, 1.165) is 0 Å². The molecule has 0 fully saturated rings. The van der Waals surface area contributed by atoms with Crippen molar-refractivity contribution in [2.24, 2.45) is 5.41 Å². The van der Waals surface area contributed by atoms with Crippen molar-refractivity contribution >= 4 is 37.0 Å². The number of ether oxygens (including phenoxy) is 2. The largest absolute Gasteiger partial charge is 0.428 e.